The fraction of sp³-hybridized carbons (Fsp3) is 0.600. The Bertz CT molecular complexity index is 227. The Morgan fingerprint density at radius 2 is 2.45 bits per heavy atom. The molecule has 0 radical (unpaired) electrons. The molecule has 2 aliphatic rings. The minimum atomic E-state index is 0.408. The Morgan fingerprint density at radius 1 is 1.64 bits per heavy atom. The van der Waals surface area contributed by atoms with E-state index in [9.17, 15) is 0 Å². The molecule has 2 aliphatic carbocycles. The van der Waals surface area contributed by atoms with Gasteiger partial charge in [0.05, 0.1) is 0 Å². The van der Waals surface area contributed by atoms with Crippen molar-refractivity contribution in [1.29, 1.82) is 0 Å². The van der Waals surface area contributed by atoms with Gasteiger partial charge in [-0.15, -0.1) is 0 Å². The number of fused-ring (bicyclic) bond motifs is 1. The summed E-state index contributed by atoms with van der Waals surface area (Å²) < 4.78 is 0. The number of hydrogen-bond donors (Lipinski definition) is 1. The summed E-state index contributed by atoms with van der Waals surface area (Å²) in [4.78, 5) is 0. The van der Waals surface area contributed by atoms with Crippen LogP contribution < -0.4 is 5.73 Å². The molecule has 0 aromatic rings. The third-order valence-electron chi connectivity index (χ3n) is 2.97. The molecule has 1 fully saturated rings. The second-order valence-corrected chi connectivity index (χ2v) is 4.05. The van der Waals surface area contributed by atoms with Gasteiger partial charge in [-0.25, -0.2) is 0 Å². The maximum absolute atomic E-state index is 5.91. The first kappa shape index (κ1) is 7.11. The predicted molar refractivity (Wildman–Crippen MR) is 47.2 cm³/mol. The highest BCUT2D eigenvalue weighted by Gasteiger charge is 2.37. The van der Waals surface area contributed by atoms with Crippen molar-refractivity contribution in [3.63, 3.8) is 0 Å². The van der Waals surface area contributed by atoms with E-state index < -0.39 is 0 Å². The monoisotopic (exact) mass is 149 g/mol. The Labute approximate surface area is 68.0 Å². The highest BCUT2D eigenvalue weighted by molar-refractivity contribution is 5.30. The normalized spacial score (nSPS) is 42.0. The number of rotatable bonds is 0. The van der Waals surface area contributed by atoms with Crippen LogP contribution in [0.25, 0.3) is 0 Å². The van der Waals surface area contributed by atoms with Crippen molar-refractivity contribution in [3.8, 4) is 0 Å². The van der Waals surface area contributed by atoms with Gasteiger partial charge in [-0.05, 0) is 24.7 Å². The van der Waals surface area contributed by atoms with Crippen LogP contribution in [-0.4, -0.2) is 6.04 Å². The lowest BCUT2D eigenvalue weighted by Crippen LogP contribution is -2.19. The molecule has 0 amide bonds. The van der Waals surface area contributed by atoms with Crippen LogP contribution in [0, 0.1) is 5.41 Å². The van der Waals surface area contributed by atoms with Gasteiger partial charge in [-0.3, -0.25) is 0 Å². The van der Waals surface area contributed by atoms with E-state index in [1.165, 1.54) is 12.8 Å². The van der Waals surface area contributed by atoms with Crippen molar-refractivity contribution < 1.29 is 0 Å². The average Bonchev–Trinajstić information content (AvgIpc) is 2.22. The van der Waals surface area contributed by atoms with Crippen molar-refractivity contribution in [1.82, 2.24) is 0 Å². The Morgan fingerprint density at radius 3 is 3.18 bits per heavy atom. The third-order valence-corrected chi connectivity index (χ3v) is 2.97. The predicted octanol–water partition coefficient (Wildman–Crippen LogP) is 2.00. The SMILES string of the molecule is CC12CC=CC=C1CC(N)C2. The molecule has 0 spiro atoms. The van der Waals surface area contributed by atoms with Crippen LogP contribution in [0.3, 0.4) is 0 Å². The van der Waals surface area contributed by atoms with Crippen LogP contribution in [0.4, 0.5) is 0 Å². The summed E-state index contributed by atoms with van der Waals surface area (Å²) in [6.45, 7) is 2.33. The van der Waals surface area contributed by atoms with Crippen molar-refractivity contribution in [2.24, 2.45) is 11.1 Å². The van der Waals surface area contributed by atoms with Gasteiger partial charge in [0.25, 0.3) is 0 Å². The molecule has 2 atom stereocenters. The largest absolute Gasteiger partial charge is 0.327 e. The van der Waals surface area contributed by atoms with Crippen molar-refractivity contribution in [3.05, 3.63) is 23.8 Å². The summed E-state index contributed by atoms with van der Waals surface area (Å²) in [6.07, 6.45) is 10.1. The molecule has 60 valence electrons. The standard InChI is InChI=1S/C10H15N/c1-10-5-3-2-4-8(10)6-9(11)7-10/h2-4,9H,5-7,11H2,1H3. The van der Waals surface area contributed by atoms with Crippen molar-refractivity contribution in [2.75, 3.05) is 0 Å². The maximum atomic E-state index is 5.91. The van der Waals surface area contributed by atoms with E-state index in [4.69, 9.17) is 5.73 Å². The van der Waals surface area contributed by atoms with E-state index in [2.05, 4.69) is 25.2 Å². The average molecular weight is 149 g/mol. The smallest absolute Gasteiger partial charge is 0.00847 e. The fourth-order valence-electron chi connectivity index (χ4n) is 2.31. The Hall–Kier alpha value is -0.560. The van der Waals surface area contributed by atoms with Crippen LogP contribution in [0.5, 0.6) is 0 Å². The van der Waals surface area contributed by atoms with E-state index in [0.717, 1.165) is 6.42 Å². The van der Waals surface area contributed by atoms with Gasteiger partial charge < -0.3 is 5.73 Å². The molecule has 1 saturated carbocycles. The summed E-state index contributed by atoms with van der Waals surface area (Å²) in [5.74, 6) is 0. The maximum Gasteiger partial charge on any atom is 0.00847 e. The second kappa shape index (κ2) is 2.21. The highest BCUT2D eigenvalue weighted by Crippen LogP contribution is 2.46. The lowest BCUT2D eigenvalue weighted by atomic mass is 9.79. The van der Waals surface area contributed by atoms with Crippen LogP contribution in [0.15, 0.2) is 23.8 Å². The summed E-state index contributed by atoms with van der Waals surface area (Å²) in [6, 6.07) is 0.408. The number of hydrogen-bond acceptors (Lipinski definition) is 1. The van der Waals surface area contributed by atoms with Gasteiger partial charge in [-0.2, -0.15) is 0 Å². The minimum Gasteiger partial charge on any atom is -0.327 e. The van der Waals surface area contributed by atoms with E-state index in [0.29, 0.717) is 11.5 Å². The topological polar surface area (TPSA) is 26.0 Å². The molecule has 0 aromatic heterocycles. The first-order valence-corrected chi connectivity index (χ1v) is 4.32. The van der Waals surface area contributed by atoms with Gasteiger partial charge in [0.15, 0.2) is 0 Å². The zero-order chi connectivity index (χ0) is 7.90. The highest BCUT2D eigenvalue weighted by atomic mass is 14.7. The van der Waals surface area contributed by atoms with Gasteiger partial charge in [-0.1, -0.05) is 30.7 Å². The van der Waals surface area contributed by atoms with Crippen LogP contribution in [-0.2, 0) is 0 Å². The van der Waals surface area contributed by atoms with E-state index >= 15 is 0 Å². The zero-order valence-electron chi connectivity index (χ0n) is 7.01. The molecule has 0 aromatic carbocycles. The van der Waals surface area contributed by atoms with E-state index in [1.54, 1.807) is 5.57 Å². The first-order valence-electron chi connectivity index (χ1n) is 4.32. The molecular weight excluding hydrogens is 134 g/mol. The summed E-state index contributed by atoms with van der Waals surface area (Å²) in [5, 5.41) is 0. The molecule has 0 aliphatic heterocycles. The second-order valence-electron chi connectivity index (χ2n) is 4.05. The zero-order valence-corrected chi connectivity index (χ0v) is 7.01. The molecule has 2 rings (SSSR count). The lowest BCUT2D eigenvalue weighted by molar-refractivity contribution is 0.399. The summed E-state index contributed by atoms with van der Waals surface area (Å²) >= 11 is 0. The third kappa shape index (κ3) is 1.04. The van der Waals surface area contributed by atoms with Crippen molar-refractivity contribution in [2.45, 2.75) is 32.2 Å². The van der Waals surface area contributed by atoms with Crippen molar-refractivity contribution >= 4 is 0 Å². The Balaban J connectivity index is 2.30. The number of nitrogens with two attached hydrogens (primary N) is 1. The molecule has 2 unspecified atom stereocenters. The molecular formula is C10H15N. The van der Waals surface area contributed by atoms with Crippen LogP contribution in [0.1, 0.15) is 26.2 Å². The molecule has 2 N–H and O–H groups in total. The number of allylic oxidation sites excluding steroid dienone is 3. The fourth-order valence-corrected chi connectivity index (χ4v) is 2.31. The molecule has 1 nitrogen and oxygen atoms in total. The minimum absolute atomic E-state index is 0.408. The molecule has 0 heterocycles. The molecule has 0 bridgehead atoms. The first-order chi connectivity index (χ1) is 5.21. The van der Waals surface area contributed by atoms with Gasteiger partial charge in [0.2, 0.25) is 0 Å². The summed E-state index contributed by atoms with van der Waals surface area (Å²) in [7, 11) is 0. The lowest BCUT2D eigenvalue weighted by Gasteiger charge is -2.26. The van der Waals surface area contributed by atoms with E-state index in [-0.39, 0.29) is 0 Å². The van der Waals surface area contributed by atoms with Gasteiger partial charge >= 0.3 is 0 Å². The van der Waals surface area contributed by atoms with Crippen LogP contribution in [0.2, 0.25) is 0 Å². The van der Waals surface area contributed by atoms with Gasteiger partial charge in [0.1, 0.15) is 0 Å². The van der Waals surface area contributed by atoms with Gasteiger partial charge in [0, 0.05) is 6.04 Å². The summed E-state index contributed by atoms with van der Waals surface area (Å²) in [5.41, 5.74) is 7.88. The molecule has 1 heteroatoms. The van der Waals surface area contributed by atoms with Crippen LogP contribution >= 0.6 is 0 Å². The Kier molecular flexibility index (Phi) is 1.43. The van der Waals surface area contributed by atoms with E-state index in [1.807, 2.05) is 0 Å². The molecule has 11 heavy (non-hydrogen) atoms. The quantitative estimate of drug-likeness (QED) is 0.560. The molecule has 0 saturated heterocycles.